The number of amides is 2. The molecule has 8 heteroatoms. The monoisotopic (exact) mass is 304 g/mol. The number of benzene rings is 1. The Morgan fingerprint density at radius 1 is 1.14 bits per heavy atom. The number of carbonyl (C=O) groups is 2. The van der Waals surface area contributed by atoms with Gasteiger partial charge in [0.15, 0.2) is 5.69 Å². The molecule has 2 aromatic rings. The molecule has 0 aliphatic rings. The van der Waals surface area contributed by atoms with E-state index in [0.29, 0.717) is 5.56 Å². The minimum absolute atomic E-state index is 0.0100. The van der Waals surface area contributed by atoms with Crippen LogP contribution in [0.3, 0.4) is 0 Å². The van der Waals surface area contributed by atoms with Crippen molar-refractivity contribution in [1.82, 2.24) is 20.6 Å². The zero-order valence-electron chi connectivity index (χ0n) is 11.7. The minimum Gasteiger partial charge on any atom is -0.273 e. The maximum absolute atomic E-state index is 12.7. The Labute approximate surface area is 124 Å². The lowest BCUT2D eigenvalue weighted by molar-refractivity contribution is -0.121. The average Bonchev–Trinajstić information content (AvgIpc) is 2.50. The molecule has 0 saturated heterocycles. The van der Waals surface area contributed by atoms with Gasteiger partial charge >= 0.3 is 0 Å². The zero-order valence-corrected chi connectivity index (χ0v) is 11.7. The van der Waals surface area contributed by atoms with Crippen LogP contribution < -0.4 is 16.4 Å². The Morgan fingerprint density at radius 2 is 1.82 bits per heavy atom. The number of nitrogens with one attached hydrogen (secondary N) is 2. The molecule has 1 aromatic carbocycles. The van der Waals surface area contributed by atoms with Gasteiger partial charge in [-0.1, -0.05) is 12.1 Å². The van der Waals surface area contributed by atoms with E-state index in [4.69, 9.17) is 0 Å². The Kier molecular flexibility index (Phi) is 4.62. The predicted octanol–water partition coefficient (Wildman–Crippen LogP) is -0.0769. The maximum Gasteiger partial charge on any atom is 0.290 e. The second kappa shape index (κ2) is 6.61. The topological polar surface area (TPSA) is 93.1 Å². The molecular formula is C14H13FN4O3. The molecular weight excluding hydrogens is 291 g/mol. The Morgan fingerprint density at radius 3 is 2.45 bits per heavy atom. The van der Waals surface area contributed by atoms with E-state index in [1.54, 1.807) is 0 Å². The number of hydrogen-bond donors (Lipinski definition) is 2. The molecule has 0 bridgehead atoms. The molecule has 114 valence electrons. The predicted molar refractivity (Wildman–Crippen MR) is 75.2 cm³/mol. The number of nitrogens with zero attached hydrogens (tertiary/aromatic N) is 2. The van der Waals surface area contributed by atoms with Gasteiger partial charge in [-0.25, -0.2) is 9.07 Å². The summed E-state index contributed by atoms with van der Waals surface area (Å²) in [5.41, 5.74) is 4.65. The number of hydrogen-bond acceptors (Lipinski definition) is 4. The number of aromatic nitrogens is 2. The number of rotatable bonds is 3. The molecule has 0 spiro atoms. The molecule has 2 amide bonds. The highest BCUT2D eigenvalue weighted by Crippen LogP contribution is 2.03. The fourth-order valence-electron chi connectivity index (χ4n) is 1.65. The molecule has 7 nitrogen and oxygen atoms in total. The molecule has 0 saturated carbocycles. The molecule has 0 aliphatic carbocycles. The average molecular weight is 304 g/mol. The Balaban J connectivity index is 1.90. The first-order valence-electron chi connectivity index (χ1n) is 6.33. The van der Waals surface area contributed by atoms with Crippen molar-refractivity contribution in [2.75, 3.05) is 0 Å². The molecule has 1 aromatic heterocycles. The number of carbonyl (C=O) groups excluding carboxylic acids is 2. The van der Waals surface area contributed by atoms with Crippen molar-refractivity contribution in [2.45, 2.75) is 6.42 Å². The fraction of sp³-hybridized carbons (Fsp3) is 0.143. The first kappa shape index (κ1) is 15.4. The fourth-order valence-corrected chi connectivity index (χ4v) is 1.65. The van der Waals surface area contributed by atoms with Gasteiger partial charge < -0.3 is 0 Å². The van der Waals surface area contributed by atoms with Crippen LogP contribution in [0.2, 0.25) is 0 Å². The summed E-state index contributed by atoms with van der Waals surface area (Å²) >= 11 is 0. The van der Waals surface area contributed by atoms with Crippen LogP contribution in [-0.2, 0) is 18.3 Å². The molecule has 0 radical (unpaired) electrons. The van der Waals surface area contributed by atoms with Crippen molar-refractivity contribution in [3.05, 3.63) is 63.8 Å². The Hall–Kier alpha value is -3.03. The summed E-state index contributed by atoms with van der Waals surface area (Å²) in [6.45, 7) is 0. The van der Waals surface area contributed by atoms with Crippen molar-refractivity contribution in [2.24, 2.45) is 7.05 Å². The number of hydrazine groups is 1. The first-order chi connectivity index (χ1) is 10.5. The van der Waals surface area contributed by atoms with E-state index in [1.807, 2.05) is 0 Å². The van der Waals surface area contributed by atoms with Gasteiger partial charge in [-0.05, 0) is 23.8 Å². The van der Waals surface area contributed by atoms with Crippen LogP contribution in [0, 0.1) is 5.82 Å². The van der Waals surface area contributed by atoms with Crippen LogP contribution in [0.4, 0.5) is 4.39 Å². The van der Waals surface area contributed by atoms with Crippen LogP contribution in [0.5, 0.6) is 0 Å². The normalized spacial score (nSPS) is 10.1. The molecule has 0 fully saturated rings. The van der Waals surface area contributed by atoms with Gasteiger partial charge in [0.25, 0.3) is 11.5 Å². The van der Waals surface area contributed by atoms with Gasteiger partial charge in [0, 0.05) is 13.1 Å². The van der Waals surface area contributed by atoms with Gasteiger partial charge in [-0.3, -0.25) is 25.2 Å². The zero-order chi connectivity index (χ0) is 16.1. The van der Waals surface area contributed by atoms with Crippen molar-refractivity contribution >= 4 is 11.8 Å². The molecule has 1 heterocycles. The summed E-state index contributed by atoms with van der Waals surface area (Å²) in [7, 11) is 1.41. The molecule has 0 unspecified atom stereocenters. The molecule has 2 N–H and O–H groups in total. The maximum atomic E-state index is 12.7. The van der Waals surface area contributed by atoms with Crippen LogP contribution >= 0.6 is 0 Å². The standard InChI is InChI=1S/C14H13FN4O3/c1-19-13(21)7-6-11(18-19)14(22)17-16-12(20)8-9-2-4-10(15)5-3-9/h2-7H,8H2,1H3,(H,16,20)(H,17,22). The van der Waals surface area contributed by atoms with E-state index in [0.717, 1.165) is 4.68 Å². The highest BCUT2D eigenvalue weighted by atomic mass is 19.1. The largest absolute Gasteiger partial charge is 0.290 e. The lowest BCUT2D eigenvalue weighted by Gasteiger charge is -2.07. The molecule has 0 atom stereocenters. The van der Waals surface area contributed by atoms with Crippen LogP contribution in [0.15, 0.2) is 41.2 Å². The third-order valence-electron chi connectivity index (χ3n) is 2.79. The Bertz CT molecular complexity index is 755. The lowest BCUT2D eigenvalue weighted by Crippen LogP contribution is -2.43. The quantitative estimate of drug-likeness (QED) is 0.776. The summed E-state index contributed by atoms with van der Waals surface area (Å²) < 4.78 is 13.7. The third-order valence-corrected chi connectivity index (χ3v) is 2.79. The first-order valence-corrected chi connectivity index (χ1v) is 6.33. The number of halogens is 1. The van der Waals surface area contributed by atoms with E-state index < -0.39 is 17.6 Å². The summed E-state index contributed by atoms with van der Waals surface area (Å²) in [6.07, 6.45) is -0.0126. The summed E-state index contributed by atoms with van der Waals surface area (Å²) in [6, 6.07) is 7.90. The highest BCUT2D eigenvalue weighted by molar-refractivity contribution is 5.93. The summed E-state index contributed by atoms with van der Waals surface area (Å²) in [5, 5.41) is 3.74. The molecule has 0 aliphatic heterocycles. The van der Waals surface area contributed by atoms with E-state index in [-0.39, 0.29) is 17.7 Å². The van der Waals surface area contributed by atoms with Gasteiger partial charge in [-0.2, -0.15) is 5.10 Å². The van der Waals surface area contributed by atoms with Gasteiger partial charge in [0.2, 0.25) is 5.91 Å². The van der Waals surface area contributed by atoms with Gasteiger partial charge in [-0.15, -0.1) is 0 Å². The molecule has 2 rings (SSSR count). The van der Waals surface area contributed by atoms with Gasteiger partial charge in [0.05, 0.1) is 6.42 Å². The van der Waals surface area contributed by atoms with Crippen molar-refractivity contribution in [3.8, 4) is 0 Å². The van der Waals surface area contributed by atoms with E-state index >= 15 is 0 Å². The minimum atomic E-state index is -0.650. The highest BCUT2D eigenvalue weighted by Gasteiger charge is 2.10. The lowest BCUT2D eigenvalue weighted by atomic mass is 10.1. The van der Waals surface area contributed by atoms with Crippen LogP contribution in [-0.4, -0.2) is 21.6 Å². The van der Waals surface area contributed by atoms with Crippen LogP contribution in [0.1, 0.15) is 16.1 Å². The summed E-state index contributed by atoms with van der Waals surface area (Å²) in [4.78, 5) is 34.6. The second-order valence-electron chi connectivity index (χ2n) is 4.49. The van der Waals surface area contributed by atoms with Gasteiger partial charge in [0.1, 0.15) is 5.82 Å². The van der Waals surface area contributed by atoms with E-state index in [1.165, 1.54) is 43.4 Å². The number of aryl methyl sites for hydroxylation is 1. The SMILES string of the molecule is Cn1nc(C(=O)NNC(=O)Cc2ccc(F)cc2)ccc1=O. The second-order valence-corrected chi connectivity index (χ2v) is 4.49. The van der Waals surface area contributed by atoms with Crippen molar-refractivity contribution in [3.63, 3.8) is 0 Å². The third kappa shape index (κ3) is 3.98. The van der Waals surface area contributed by atoms with E-state index in [9.17, 15) is 18.8 Å². The van der Waals surface area contributed by atoms with Crippen molar-refractivity contribution < 1.29 is 14.0 Å². The van der Waals surface area contributed by atoms with E-state index in [2.05, 4.69) is 16.0 Å². The van der Waals surface area contributed by atoms with Crippen molar-refractivity contribution in [1.29, 1.82) is 0 Å². The summed E-state index contributed by atoms with van der Waals surface area (Å²) in [5.74, 6) is -1.51. The van der Waals surface area contributed by atoms with Crippen LogP contribution in [0.25, 0.3) is 0 Å². The molecule has 22 heavy (non-hydrogen) atoms. The smallest absolute Gasteiger partial charge is 0.273 e.